The third-order valence-corrected chi connectivity index (χ3v) is 9.23. The first-order chi connectivity index (χ1) is 22.1. The fourth-order valence-corrected chi connectivity index (χ4v) is 7.05. The van der Waals surface area contributed by atoms with Crippen LogP contribution in [0.25, 0.3) is 0 Å². The molecular weight excluding hydrogens is 651 g/mol. The molecule has 0 unspecified atom stereocenters. The topological polar surface area (TPSA) is 125 Å². The highest BCUT2D eigenvalue weighted by molar-refractivity contribution is 6.31. The van der Waals surface area contributed by atoms with E-state index >= 15 is 8.78 Å². The van der Waals surface area contributed by atoms with E-state index in [0.717, 1.165) is 6.07 Å². The Kier molecular flexibility index (Phi) is 11.6. The Balaban J connectivity index is 1.99. The van der Waals surface area contributed by atoms with Crippen LogP contribution < -0.4 is 15.8 Å². The molecule has 1 aliphatic heterocycles. The second-order valence-electron chi connectivity index (χ2n) is 13.1. The molecule has 1 aliphatic rings. The molecule has 0 aromatic heterocycles. The molecule has 4 atom stereocenters. The van der Waals surface area contributed by atoms with E-state index in [9.17, 15) is 19.8 Å². The summed E-state index contributed by atoms with van der Waals surface area (Å²) < 4.78 is 37.5. The van der Waals surface area contributed by atoms with E-state index in [0.29, 0.717) is 32.2 Å². The number of carbonyl (C=O) groups excluding carboxylic acids is 1. The maximum Gasteiger partial charge on any atom is 0.339 e. The highest BCUT2D eigenvalue weighted by Gasteiger charge is 2.62. The Morgan fingerprint density at radius 2 is 1.79 bits per heavy atom. The van der Waals surface area contributed by atoms with E-state index in [2.05, 4.69) is 5.32 Å². The minimum absolute atomic E-state index is 0.00331. The quantitative estimate of drug-likeness (QED) is 0.148. The molecule has 0 bridgehead atoms. The number of halogens is 4. The summed E-state index contributed by atoms with van der Waals surface area (Å²) in [5.74, 6) is -4.36. The number of rotatable bonds is 12. The van der Waals surface area contributed by atoms with E-state index in [-0.39, 0.29) is 50.2 Å². The normalized spacial score (nSPS) is 21.5. The number of benzene rings is 3. The van der Waals surface area contributed by atoms with Gasteiger partial charge in [-0.3, -0.25) is 9.69 Å². The number of methoxy groups -OCH3 is 1. The first-order valence-electron chi connectivity index (χ1n) is 15.4. The fraction of sp³-hybridized carbons (Fsp3) is 0.429. The molecule has 254 valence electrons. The van der Waals surface area contributed by atoms with Crippen molar-refractivity contribution in [2.24, 2.45) is 11.1 Å². The lowest BCUT2D eigenvalue weighted by molar-refractivity contribution is -0.121. The van der Waals surface area contributed by atoms with Crippen LogP contribution in [-0.4, -0.2) is 59.3 Å². The van der Waals surface area contributed by atoms with Crippen molar-refractivity contribution < 1.29 is 33.3 Å². The van der Waals surface area contributed by atoms with Crippen molar-refractivity contribution in [3.63, 3.8) is 0 Å². The molecule has 0 aliphatic carbocycles. The highest BCUT2D eigenvalue weighted by atomic mass is 35.5. The summed E-state index contributed by atoms with van der Waals surface area (Å²) in [5.41, 5.74) is 5.70. The standard InChI is InChI=1S/C35H41Cl2F2N3O5/c1-34(2,3)19-28-35(40,24-14-11-20(36)17-26(24)38)29(23-9-8-10-25(37)30(23)39)31(42(28)15-6-5-7-16-43)32(44)41-21-12-13-22(33(45)46)27(18-21)47-4/h8-14,17-18,28-29,31,43H,5-7,15-16,19,40H2,1-4H3,(H,41,44)(H,45,46)/t28-,29-,31+,35+/m0/s1. The van der Waals surface area contributed by atoms with E-state index in [4.69, 9.17) is 33.7 Å². The zero-order valence-electron chi connectivity index (χ0n) is 26.8. The van der Waals surface area contributed by atoms with Gasteiger partial charge < -0.3 is 26.0 Å². The Bertz CT molecular complexity index is 1620. The number of unbranched alkanes of at least 4 members (excludes halogenated alkanes) is 2. The molecule has 0 spiro atoms. The fourth-order valence-electron chi connectivity index (χ4n) is 6.71. The zero-order valence-corrected chi connectivity index (χ0v) is 28.3. The van der Waals surface area contributed by atoms with Crippen LogP contribution in [0.15, 0.2) is 54.6 Å². The summed E-state index contributed by atoms with van der Waals surface area (Å²) in [4.78, 5) is 28.2. The van der Waals surface area contributed by atoms with Gasteiger partial charge in [0.2, 0.25) is 5.91 Å². The molecule has 1 saturated heterocycles. The number of aromatic carboxylic acids is 1. The predicted octanol–water partition coefficient (Wildman–Crippen LogP) is 7.21. The van der Waals surface area contributed by atoms with Crippen molar-refractivity contribution in [3.8, 4) is 5.75 Å². The Morgan fingerprint density at radius 1 is 1.06 bits per heavy atom. The molecule has 3 aromatic carbocycles. The average Bonchev–Trinajstić information content (AvgIpc) is 3.23. The van der Waals surface area contributed by atoms with Crippen molar-refractivity contribution in [3.05, 3.63) is 93.0 Å². The summed E-state index contributed by atoms with van der Waals surface area (Å²) in [7, 11) is 1.32. The van der Waals surface area contributed by atoms with Gasteiger partial charge in [0.15, 0.2) is 0 Å². The Hall–Kier alpha value is -3.28. The van der Waals surface area contributed by atoms with Gasteiger partial charge in [0.05, 0.1) is 23.7 Å². The number of aliphatic hydroxyl groups excluding tert-OH is 1. The highest BCUT2D eigenvalue weighted by Crippen LogP contribution is 2.54. The number of aliphatic hydroxyl groups is 1. The van der Waals surface area contributed by atoms with Crippen LogP contribution in [-0.2, 0) is 10.3 Å². The van der Waals surface area contributed by atoms with Gasteiger partial charge in [-0.1, -0.05) is 62.2 Å². The van der Waals surface area contributed by atoms with Crippen LogP contribution in [0.3, 0.4) is 0 Å². The number of anilines is 1. The molecular formula is C35H41Cl2F2N3O5. The van der Waals surface area contributed by atoms with E-state index in [1.165, 1.54) is 49.6 Å². The molecule has 1 fully saturated rings. The molecule has 1 amide bonds. The molecule has 47 heavy (non-hydrogen) atoms. The molecule has 0 saturated carbocycles. The van der Waals surface area contributed by atoms with Gasteiger partial charge in [0.1, 0.15) is 22.9 Å². The number of hydrogen-bond donors (Lipinski definition) is 4. The smallest absolute Gasteiger partial charge is 0.339 e. The van der Waals surface area contributed by atoms with E-state index in [1.54, 1.807) is 6.07 Å². The summed E-state index contributed by atoms with van der Waals surface area (Å²) in [5, 5.41) is 21.8. The predicted molar refractivity (Wildman–Crippen MR) is 179 cm³/mol. The largest absolute Gasteiger partial charge is 0.496 e. The van der Waals surface area contributed by atoms with Gasteiger partial charge in [-0.25, -0.2) is 13.6 Å². The SMILES string of the molecule is COc1cc(NC(=O)[C@H]2[C@H](c3cccc(Cl)c3F)[C@@](N)(c3ccc(Cl)cc3F)[C@H](CC(C)(C)C)N2CCCCCO)ccc1C(=O)O. The number of carbonyl (C=O) groups is 2. The van der Waals surface area contributed by atoms with E-state index < -0.39 is 47.1 Å². The molecule has 8 nitrogen and oxygen atoms in total. The molecule has 1 heterocycles. The van der Waals surface area contributed by atoms with Crippen LogP contribution in [0.2, 0.25) is 10.0 Å². The van der Waals surface area contributed by atoms with Gasteiger partial charge in [0.25, 0.3) is 0 Å². The van der Waals surface area contributed by atoms with Gasteiger partial charge in [-0.15, -0.1) is 0 Å². The van der Waals surface area contributed by atoms with Crippen molar-refractivity contribution >= 4 is 40.8 Å². The van der Waals surface area contributed by atoms with Gasteiger partial charge >= 0.3 is 5.97 Å². The van der Waals surface area contributed by atoms with Crippen molar-refractivity contribution in [1.29, 1.82) is 0 Å². The maximum absolute atomic E-state index is 16.2. The number of ether oxygens (including phenoxy) is 1. The summed E-state index contributed by atoms with van der Waals surface area (Å²) in [6.45, 7) is 6.35. The van der Waals surface area contributed by atoms with Crippen LogP contribution in [0.1, 0.15) is 73.9 Å². The number of hydrogen-bond acceptors (Lipinski definition) is 6. The van der Waals surface area contributed by atoms with Crippen LogP contribution in [0, 0.1) is 17.0 Å². The lowest BCUT2D eigenvalue weighted by Gasteiger charge is -2.41. The van der Waals surface area contributed by atoms with Crippen LogP contribution in [0.5, 0.6) is 5.75 Å². The van der Waals surface area contributed by atoms with Crippen LogP contribution >= 0.6 is 23.2 Å². The van der Waals surface area contributed by atoms with Gasteiger partial charge in [-0.2, -0.15) is 0 Å². The van der Waals surface area contributed by atoms with Crippen molar-refractivity contribution in [2.45, 2.75) is 70.0 Å². The lowest BCUT2D eigenvalue weighted by Crippen LogP contribution is -2.53. The first kappa shape index (κ1) is 36.6. The number of carboxylic acid groups (broad SMARTS) is 1. The number of likely N-dealkylation sites (tertiary alicyclic amines) is 1. The summed E-state index contributed by atoms with van der Waals surface area (Å²) in [6, 6.07) is 10.9. The Labute approximate surface area is 283 Å². The molecule has 5 N–H and O–H groups in total. The lowest BCUT2D eigenvalue weighted by atomic mass is 9.68. The van der Waals surface area contributed by atoms with Crippen molar-refractivity contribution in [2.75, 3.05) is 25.6 Å². The van der Waals surface area contributed by atoms with Gasteiger partial charge in [-0.05, 0) is 73.5 Å². The molecule has 0 radical (unpaired) electrons. The minimum atomic E-state index is -1.67. The second-order valence-corrected chi connectivity index (χ2v) is 14.0. The first-order valence-corrected chi connectivity index (χ1v) is 16.2. The number of nitrogens with zero attached hydrogens (tertiary/aromatic N) is 1. The zero-order chi connectivity index (χ0) is 34.7. The van der Waals surface area contributed by atoms with Gasteiger partial charge in [0, 0.05) is 40.9 Å². The maximum atomic E-state index is 16.2. The average molecular weight is 693 g/mol. The van der Waals surface area contributed by atoms with Crippen LogP contribution in [0.4, 0.5) is 14.5 Å². The number of amides is 1. The molecule has 3 aromatic rings. The molecule has 12 heteroatoms. The minimum Gasteiger partial charge on any atom is -0.496 e. The second kappa shape index (κ2) is 14.9. The third kappa shape index (κ3) is 7.73. The Morgan fingerprint density at radius 3 is 2.40 bits per heavy atom. The summed E-state index contributed by atoms with van der Waals surface area (Å²) in [6.07, 6.45) is 2.14. The summed E-state index contributed by atoms with van der Waals surface area (Å²) >= 11 is 12.5. The van der Waals surface area contributed by atoms with E-state index in [1.807, 2.05) is 25.7 Å². The number of nitrogens with one attached hydrogen (secondary N) is 1. The third-order valence-electron chi connectivity index (χ3n) is 8.70. The number of carboxylic acids is 1. The monoisotopic (exact) mass is 691 g/mol. The van der Waals surface area contributed by atoms with Crippen molar-refractivity contribution in [1.82, 2.24) is 4.90 Å². The number of nitrogens with two attached hydrogens (primary N) is 1. The molecule has 4 rings (SSSR count).